The van der Waals surface area contributed by atoms with Crippen molar-refractivity contribution in [3.05, 3.63) is 71.0 Å². The molecule has 1 spiro atoms. The molecular formula is C29H40FN3O2Si. The van der Waals surface area contributed by atoms with Crippen LogP contribution in [0.15, 0.2) is 53.5 Å². The van der Waals surface area contributed by atoms with Gasteiger partial charge >= 0.3 is 0 Å². The van der Waals surface area contributed by atoms with E-state index in [0.29, 0.717) is 6.54 Å². The van der Waals surface area contributed by atoms with Crippen molar-refractivity contribution in [3.63, 3.8) is 0 Å². The first-order valence-electron chi connectivity index (χ1n) is 13.3. The largest absolute Gasteiger partial charge is 0.455 e. The maximum atomic E-state index is 13.7. The summed E-state index contributed by atoms with van der Waals surface area (Å²) in [6, 6.07) is 16.1. The Bertz CT molecular complexity index is 1110. The summed E-state index contributed by atoms with van der Waals surface area (Å²) in [5.74, 6) is -0.216. The lowest BCUT2D eigenvalue weighted by Crippen LogP contribution is -2.45. The van der Waals surface area contributed by atoms with Gasteiger partial charge in [-0.2, -0.15) is 0 Å². The topological polar surface area (TPSA) is 37.3 Å². The maximum absolute atomic E-state index is 13.7. The molecular weight excluding hydrogens is 469 g/mol. The minimum Gasteiger partial charge on any atom is -0.455 e. The molecule has 36 heavy (non-hydrogen) atoms. The summed E-state index contributed by atoms with van der Waals surface area (Å²) >= 11 is 0. The second-order valence-corrected chi connectivity index (χ2v) is 16.9. The first kappa shape index (κ1) is 25.4. The lowest BCUT2D eigenvalue weighted by atomic mass is 9.88. The minimum absolute atomic E-state index is 0.0278. The van der Waals surface area contributed by atoms with Crippen LogP contribution in [-0.2, 0) is 15.6 Å². The van der Waals surface area contributed by atoms with Crippen molar-refractivity contribution in [1.82, 2.24) is 9.80 Å². The molecule has 2 aromatic carbocycles. The average molecular weight is 510 g/mol. The minimum atomic E-state index is -1.73. The fourth-order valence-electron chi connectivity index (χ4n) is 5.37. The van der Waals surface area contributed by atoms with Gasteiger partial charge in [0, 0.05) is 39.2 Å². The lowest BCUT2D eigenvalue weighted by Gasteiger charge is -2.39. The Morgan fingerprint density at radius 3 is 2.61 bits per heavy atom. The van der Waals surface area contributed by atoms with Crippen LogP contribution in [0.1, 0.15) is 49.9 Å². The average Bonchev–Trinajstić information content (AvgIpc) is 3.44. The van der Waals surface area contributed by atoms with Crippen LogP contribution in [0.3, 0.4) is 0 Å². The number of ether oxygens (including phenoxy) is 1. The molecule has 0 amide bonds. The third-order valence-corrected chi connectivity index (χ3v) is 13.1. The molecule has 7 heteroatoms. The first-order chi connectivity index (χ1) is 17.1. The van der Waals surface area contributed by atoms with Gasteiger partial charge in [-0.1, -0.05) is 57.2 Å². The Balaban J connectivity index is 1.26. The number of benzene rings is 2. The van der Waals surface area contributed by atoms with Gasteiger partial charge in [-0.15, -0.1) is 0 Å². The van der Waals surface area contributed by atoms with Crippen molar-refractivity contribution in [2.24, 2.45) is 4.99 Å². The van der Waals surface area contributed by atoms with Crippen LogP contribution in [0.4, 0.5) is 4.39 Å². The Labute approximate surface area is 216 Å². The van der Waals surface area contributed by atoms with Crippen molar-refractivity contribution in [2.45, 2.75) is 63.4 Å². The number of aliphatic imine (C=N–C) groups is 1. The molecule has 0 aliphatic carbocycles. The molecule has 1 saturated heterocycles. The van der Waals surface area contributed by atoms with Crippen LogP contribution in [-0.4, -0.2) is 69.1 Å². The predicted octanol–water partition coefficient (Wildman–Crippen LogP) is 5.63. The first-order valence-corrected chi connectivity index (χ1v) is 16.2. The van der Waals surface area contributed by atoms with Crippen LogP contribution < -0.4 is 0 Å². The maximum Gasteiger partial charge on any atom is 0.288 e. The van der Waals surface area contributed by atoms with Gasteiger partial charge in [-0.25, -0.2) is 9.38 Å². The SMILES string of the molecule is CC(C)(C)[Si](C)(C)OCCN1CC[C@@]2(CN=C(N3CCc4ccccc4[C@@H]3c3ccc(F)cc3)O2)C1. The van der Waals surface area contributed by atoms with E-state index in [1.54, 1.807) is 12.1 Å². The Hall–Kier alpha value is -2.22. The van der Waals surface area contributed by atoms with Crippen molar-refractivity contribution >= 4 is 14.3 Å². The van der Waals surface area contributed by atoms with Gasteiger partial charge < -0.3 is 14.1 Å². The van der Waals surface area contributed by atoms with Gasteiger partial charge in [-0.05, 0) is 53.4 Å². The molecule has 0 saturated carbocycles. The van der Waals surface area contributed by atoms with Crippen LogP contribution in [0.2, 0.25) is 18.1 Å². The van der Waals surface area contributed by atoms with Crippen LogP contribution in [0, 0.1) is 5.82 Å². The highest BCUT2D eigenvalue weighted by Gasteiger charge is 2.47. The van der Waals surface area contributed by atoms with Gasteiger partial charge in [-0.3, -0.25) is 4.90 Å². The molecule has 5 rings (SSSR count). The second kappa shape index (κ2) is 9.58. The number of halogens is 1. The lowest BCUT2D eigenvalue weighted by molar-refractivity contribution is 0.0680. The molecule has 5 nitrogen and oxygen atoms in total. The molecule has 1 fully saturated rings. The number of hydrogen-bond acceptors (Lipinski definition) is 5. The number of fused-ring (bicyclic) bond motifs is 1. The molecule has 3 aliphatic heterocycles. The van der Waals surface area contributed by atoms with E-state index in [2.05, 4.69) is 67.9 Å². The molecule has 194 valence electrons. The third-order valence-electron chi connectivity index (χ3n) is 8.60. The summed E-state index contributed by atoms with van der Waals surface area (Å²) < 4.78 is 26.8. The van der Waals surface area contributed by atoms with E-state index in [1.165, 1.54) is 11.1 Å². The van der Waals surface area contributed by atoms with Gasteiger partial charge in [0.2, 0.25) is 0 Å². The van der Waals surface area contributed by atoms with Crippen molar-refractivity contribution in [3.8, 4) is 0 Å². The smallest absolute Gasteiger partial charge is 0.288 e. The number of hydrogen-bond donors (Lipinski definition) is 0. The molecule has 0 unspecified atom stereocenters. The summed E-state index contributed by atoms with van der Waals surface area (Å²) in [4.78, 5) is 9.69. The van der Waals surface area contributed by atoms with E-state index in [0.717, 1.165) is 57.2 Å². The number of nitrogens with zero attached hydrogens (tertiary/aromatic N) is 3. The predicted molar refractivity (Wildman–Crippen MR) is 145 cm³/mol. The normalized spacial score (nSPS) is 24.7. The summed E-state index contributed by atoms with van der Waals surface area (Å²) in [7, 11) is -1.73. The number of rotatable bonds is 5. The molecule has 2 atom stereocenters. The molecule has 3 heterocycles. The summed E-state index contributed by atoms with van der Waals surface area (Å²) in [5.41, 5.74) is 3.39. The summed E-state index contributed by atoms with van der Waals surface area (Å²) in [6.45, 7) is 16.6. The standard InChI is InChI=1S/C29H40FN3O2Si/c1-28(2,3)36(4,5)34-19-18-32-17-15-29(21-32)20-31-27(35-29)33-16-14-22-8-6-7-9-25(22)26(33)23-10-12-24(30)13-11-23/h6-13,26H,14-21H2,1-5H3/t26-,29+/m0/s1. The Kier molecular flexibility index (Phi) is 6.77. The monoisotopic (exact) mass is 509 g/mol. The molecule has 0 bridgehead atoms. The summed E-state index contributed by atoms with van der Waals surface area (Å²) in [6.07, 6.45) is 1.92. The Morgan fingerprint density at radius 1 is 1.11 bits per heavy atom. The highest BCUT2D eigenvalue weighted by atomic mass is 28.4. The quantitative estimate of drug-likeness (QED) is 0.490. The number of amidine groups is 1. The zero-order valence-corrected chi connectivity index (χ0v) is 23.4. The highest BCUT2D eigenvalue weighted by molar-refractivity contribution is 6.74. The van der Waals surface area contributed by atoms with Crippen LogP contribution >= 0.6 is 0 Å². The summed E-state index contributed by atoms with van der Waals surface area (Å²) in [5, 5.41) is 0.227. The second-order valence-electron chi connectivity index (χ2n) is 12.1. The van der Waals surface area contributed by atoms with Crippen molar-refractivity contribution in [1.29, 1.82) is 0 Å². The van der Waals surface area contributed by atoms with Crippen molar-refractivity contribution in [2.75, 3.05) is 39.3 Å². The van der Waals surface area contributed by atoms with Crippen LogP contribution in [0.5, 0.6) is 0 Å². The van der Waals surface area contributed by atoms with Gasteiger partial charge in [0.1, 0.15) is 11.4 Å². The van der Waals surface area contributed by atoms with Crippen molar-refractivity contribution < 1.29 is 13.6 Å². The van der Waals surface area contributed by atoms with E-state index >= 15 is 0 Å². The van der Waals surface area contributed by atoms with Gasteiger partial charge in [0.05, 0.1) is 12.6 Å². The van der Waals surface area contributed by atoms with Gasteiger partial charge in [0.15, 0.2) is 8.32 Å². The fourth-order valence-corrected chi connectivity index (χ4v) is 6.41. The molecule has 0 N–H and O–H groups in total. The van der Waals surface area contributed by atoms with Crippen LogP contribution in [0.25, 0.3) is 0 Å². The van der Waals surface area contributed by atoms with Gasteiger partial charge in [0.25, 0.3) is 6.02 Å². The van der Waals surface area contributed by atoms with E-state index in [4.69, 9.17) is 14.2 Å². The molecule has 0 aromatic heterocycles. The fraction of sp³-hybridized carbons (Fsp3) is 0.552. The van der Waals surface area contributed by atoms with E-state index < -0.39 is 8.32 Å². The molecule has 2 aromatic rings. The zero-order chi connectivity index (χ0) is 25.6. The Morgan fingerprint density at radius 2 is 1.86 bits per heavy atom. The number of likely N-dealkylation sites (tertiary alicyclic amines) is 1. The molecule has 0 radical (unpaired) electrons. The van der Waals surface area contributed by atoms with E-state index in [1.807, 2.05) is 12.1 Å². The zero-order valence-electron chi connectivity index (χ0n) is 22.4. The van der Waals surface area contributed by atoms with E-state index in [-0.39, 0.29) is 22.5 Å². The highest BCUT2D eigenvalue weighted by Crippen LogP contribution is 2.39. The third kappa shape index (κ3) is 4.98. The molecule has 3 aliphatic rings. The van der Waals surface area contributed by atoms with E-state index in [9.17, 15) is 4.39 Å².